The Kier molecular flexibility index (Phi) is 6.35. The van der Waals surface area contributed by atoms with Gasteiger partial charge in [0.1, 0.15) is 5.75 Å². The highest BCUT2D eigenvalue weighted by Crippen LogP contribution is 2.09. The van der Waals surface area contributed by atoms with Gasteiger partial charge in [-0.2, -0.15) is 0 Å². The number of methoxy groups -OCH3 is 1. The molecule has 0 aliphatic heterocycles. The predicted molar refractivity (Wildman–Crippen MR) is 91.5 cm³/mol. The summed E-state index contributed by atoms with van der Waals surface area (Å²) in [7, 11) is 1.44. The SMILES string of the molecule is COC(/C=C\C=C\c1ccccc1)=N\C(=O)Oc1ccccc1. The monoisotopic (exact) mass is 307 g/mol. The summed E-state index contributed by atoms with van der Waals surface area (Å²) >= 11 is 0. The van der Waals surface area contributed by atoms with Crippen molar-refractivity contribution in [2.45, 2.75) is 0 Å². The van der Waals surface area contributed by atoms with Crippen LogP contribution in [0.5, 0.6) is 5.75 Å². The van der Waals surface area contributed by atoms with Gasteiger partial charge in [0, 0.05) is 6.08 Å². The zero-order chi connectivity index (χ0) is 16.3. The van der Waals surface area contributed by atoms with E-state index in [2.05, 4.69) is 4.99 Å². The summed E-state index contributed by atoms with van der Waals surface area (Å²) in [6.45, 7) is 0. The number of nitrogens with zero attached hydrogens (tertiary/aromatic N) is 1. The fraction of sp³-hybridized carbons (Fsp3) is 0.0526. The standard InChI is InChI=1S/C19H17NO3/c1-22-18(15-9-8-12-16-10-4-2-5-11-16)20-19(21)23-17-13-6-3-7-14-17/h2-15H,1H3/b12-8+,15-9-,20-18-. The van der Waals surface area contributed by atoms with Gasteiger partial charge < -0.3 is 9.47 Å². The molecule has 0 fully saturated rings. The molecule has 0 unspecified atom stereocenters. The van der Waals surface area contributed by atoms with E-state index in [4.69, 9.17) is 9.47 Å². The molecule has 1 amide bonds. The zero-order valence-electron chi connectivity index (χ0n) is 12.8. The minimum absolute atomic E-state index is 0.170. The third-order valence-corrected chi connectivity index (χ3v) is 2.80. The summed E-state index contributed by atoms with van der Waals surface area (Å²) in [5.41, 5.74) is 1.08. The van der Waals surface area contributed by atoms with Gasteiger partial charge in [-0.25, -0.2) is 4.79 Å². The lowest BCUT2D eigenvalue weighted by Gasteiger charge is -2.01. The van der Waals surface area contributed by atoms with Crippen LogP contribution in [0.3, 0.4) is 0 Å². The molecule has 0 heterocycles. The average molecular weight is 307 g/mol. The van der Waals surface area contributed by atoms with Gasteiger partial charge in [0.05, 0.1) is 7.11 Å². The summed E-state index contributed by atoms with van der Waals surface area (Å²) in [6, 6.07) is 18.6. The number of allylic oxidation sites excluding steroid dienone is 2. The van der Waals surface area contributed by atoms with E-state index in [-0.39, 0.29) is 5.90 Å². The van der Waals surface area contributed by atoms with Crippen molar-refractivity contribution in [1.29, 1.82) is 0 Å². The van der Waals surface area contributed by atoms with Crippen molar-refractivity contribution >= 4 is 18.1 Å². The van der Waals surface area contributed by atoms with E-state index >= 15 is 0 Å². The number of carbonyl (C=O) groups excluding carboxylic acids is 1. The zero-order valence-corrected chi connectivity index (χ0v) is 12.8. The Bertz CT molecular complexity index is 704. The van der Waals surface area contributed by atoms with Crippen LogP contribution in [-0.4, -0.2) is 19.1 Å². The summed E-state index contributed by atoms with van der Waals surface area (Å²) in [4.78, 5) is 15.4. The Balaban J connectivity index is 1.94. The number of hydrogen-bond acceptors (Lipinski definition) is 3. The van der Waals surface area contributed by atoms with Crippen LogP contribution in [0.1, 0.15) is 5.56 Å². The van der Waals surface area contributed by atoms with E-state index in [0.717, 1.165) is 5.56 Å². The highest BCUT2D eigenvalue weighted by atomic mass is 16.6. The van der Waals surface area contributed by atoms with Gasteiger partial charge in [-0.1, -0.05) is 66.8 Å². The van der Waals surface area contributed by atoms with Crippen LogP contribution < -0.4 is 4.74 Å². The average Bonchev–Trinajstić information content (AvgIpc) is 2.59. The van der Waals surface area contributed by atoms with Crippen LogP contribution in [0.15, 0.2) is 83.9 Å². The molecule has 0 aliphatic rings. The van der Waals surface area contributed by atoms with Gasteiger partial charge in [0.15, 0.2) is 0 Å². The van der Waals surface area contributed by atoms with Crippen LogP contribution in [0, 0.1) is 0 Å². The summed E-state index contributed by atoms with van der Waals surface area (Å²) in [5.74, 6) is 0.605. The lowest BCUT2D eigenvalue weighted by molar-refractivity contribution is 0.210. The first-order valence-corrected chi connectivity index (χ1v) is 7.07. The van der Waals surface area contributed by atoms with Crippen molar-refractivity contribution in [3.63, 3.8) is 0 Å². The Morgan fingerprint density at radius 2 is 1.61 bits per heavy atom. The second-order valence-electron chi connectivity index (χ2n) is 4.46. The molecule has 0 N–H and O–H groups in total. The Hall–Kier alpha value is -3.14. The number of carbonyl (C=O) groups is 1. The molecule has 0 bridgehead atoms. The fourth-order valence-electron chi connectivity index (χ4n) is 1.72. The fourth-order valence-corrected chi connectivity index (χ4v) is 1.72. The molecule has 0 saturated heterocycles. The molecule has 116 valence electrons. The molecule has 2 aromatic carbocycles. The van der Waals surface area contributed by atoms with E-state index in [1.165, 1.54) is 7.11 Å². The van der Waals surface area contributed by atoms with E-state index in [9.17, 15) is 4.79 Å². The maximum Gasteiger partial charge on any atom is 0.442 e. The Labute approximate surface area is 135 Å². The maximum absolute atomic E-state index is 11.7. The van der Waals surface area contributed by atoms with Gasteiger partial charge in [-0.15, -0.1) is 4.99 Å². The van der Waals surface area contributed by atoms with Crippen LogP contribution in [-0.2, 0) is 4.74 Å². The number of ether oxygens (including phenoxy) is 2. The molecule has 4 nitrogen and oxygen atoms in total. The molecule has 0 aliphatic carbocycles. The highest BCUT2D eigenvalue weighted by molar-refractivity contribution is 5.95. The number of amides is 1. The minimum atomic E-state index is -0.732. The minimum Gasteiger partial charge on any atom is -0.481 e. The Morgan fingerprint density at radius 1 is 0.957 bits per heavy atom. The van der Waals surface area contributed by atoms with Gasteiger partial charge >= 0.3 is 6.09 Å². The maximum atomic E-state index is 11.7. The third kappa shape index (κ3) is 6.01. The first-order chi connectivity index (χ1) is 11.3. The number of rotatable bonds is 4. The van der Waals surface area contributed by atoms with Crippen LogP contribution in [0.4, 0.5) is 4.79 Å². The van der Waals surface area contributed by atoms with Gasteiger partial charge in [-0.3, -0.25) is 0 Å². The van der Waals surface area contributed by atoms with E-state index in [1.807, 2.05) is 48.6 Å². The quantitative estimate of drug-likeness (QED) is 0.474. The number of hydrogen-bond donors (Lipinski definition) is 0. The van der Waals surface area contributed by atoms with Gasteiger partial charge in [-0.05, 0) is 17.7 Å². The van der Waals surface area contributed by atoms with E-state index < -0.39 is 6.09 Å². The molecule has 0 atom stereocenters. The lowest BCUT2D eigenvalue weighted by Crippen LogP contribution is -2.07. The summed E-state index contributed by atoms with van der Waals surface area (Å²) in [6.07, 6.45) is 6.37. The molecule has 0 spiro atoms. The Morgan fingerprint density at radius 3 is 2.26 bits per heavy atom. The normalized spacial score (nSPS) is 11.8. The first kappa shape index (κ1) is 16.2. The van der Waals surface area contributed by atoms with E-state index in [1.54, 1.807) is 36.4 Å². The number of aliphatic imine (C=N–C) groups is 1. The smallest absolute Gasteiger partial charge is 0.442 e. The highest BCUT2D eigenvalue weighted by Gasteiger charge is 2.03. The van der Waals surface area contributed by atoms with Crippen molar-refractivity contribution in [3.05, 3.63) is 84.5 Å². The molecular formula is C19H17NO3. The second kappa shape index (κ2) is 9.00. The van der Waals surface area contributed by atoms with Crippen molar-refractivity contribution in [3.8, 4) is 5.75 Å². The van der Waals surface area contributed by atoms with Gasteiger partial charge in [0.2, 0.25) is 5.90 Å². The van der Waals surface area contributed by atoms with Gasteiger partial charge in [0.25, 0.3) is 0 Å². The summed E-state index contributed by atoms with van der Waals surface area (Å²) in [5, 5.41) is 0. The molecule has 0 aromatic heterocycles. The van der Waals surface area contributed by atoms with Crippen molar-refractivity contribution < 1.29 is 14.3 Å². The summed E-state index contributed by atoms with van der Waals surface area (Å²) < 4.78 is 10.1. The lowest BCUT2D eigenvalue weighted by atomic mass is 10.2. The van der Waals surface area contributed by atoms with Crippen molar-refractivity contribution in [2.75, 3.05) is 7.11 Å². The third-order valence-electron chi connectivity index (χ3n) is 2.80. The van der Waals surface area contributed by atoms with Crippen LogP contribution in [0.2, 0.25) is 0 Å². The number of para-hydroxylation sites is 1. The molecular weight excluding hydrogens is 290 g/mol. The molecule has 0 radical (unpaired) electrons. The first-order valence-electron chi connectivity index (χ1n) is 7.07. The topological polar surface area (TPSA) is 47.9 Å². The van der Waals surface area contributed by atoms with E-state index in [0.29, 0.717) is 5.75 Å². The molecule has 4 heteroatoms. The second-order valence-corrected chi connectivity index (χ2v) is 4.46. The van der Waals surface area contributed by atoms with Crippen LogP contribution >= 0.6 is 0 Å². The number of benzene rings is 2. The molecule has 2 rings (SSSR count). The largest absolute Gasteiger partial charge is 0.481 e. The molecule has 0 saturated carbocycles. The molecule has 23 heavy (non-hydrogen) atoms. The van der Waals surface area contributed by atoms with Crippen molar-refractivity contribution in [1.82, 2.24) is 0 Å². The predicted octanol–water partition coefficient (Wildman–Crippen LogP) is 4.50. The van der Waals surface area contributed by atoms with Crippen LogP contribution in [0.25, 0.3) is 6.08 Å². The van der Waals surface area contributed by atoms with Crippen molar-refractivity contribution in [2.24, 2.45) is 4.99 Å². The molecule has 2 aromatic rings.